The highest BCUT2D eigenvalue weighted by atomic mass is 16.5. The molecule has 0 saturated carbocycles. The molecule has 1 aliphatic heterocycles. The van der Waals surface area contributed by atoms with Crippen LogP contribution in [-0.4, -0.2) is 36.4 Å². The molecule has 1 unspecified atom stereocenters. The highest BCUT2D eigenvalue weighted by molar-refractivity contribution is 5.81. The fourth-order valence-electron chi connectivity index (χ4n) is 5.62. The number of nitrogen functional groups attached to an aromatic ring is 1. The lowest BCUT2D eigenvalue weighted by Crippen LogP contribution is -2.28. The molecule has 0 saturated heterocycles. The lowest BCUT2D eigenvalue weighted by molar-refractivity contribution is -0.115. The molecule has 5 rings (SSSR count). The van der Waals surface area contributed by atoms with Crippen molar-refractivity contribution in [1.82, 2.24) is 9.88 Å². The van der Waals surface area contributed by atoms with Gasteiger partial charge >= 0.3 is 0 Å². The smallest absolute Gasteiger partial charge is 0.126 e. The van der Waals surface area contributed by atoms with Gasteiger partial charge in [0.2, 0.25) is 0 Å². The molecule has 0 amide bonds. The Balaban J connectivity index is 1.47. The normalized spacial score (nSPS) is 14.8. The quantitative estimate of drug-likeness (QED) is 0.149. The Bertz CT molecular complexity index is 1510. The zero-order valence-electron chi connectivity index (χ0n) is 23.1. The van der Waals surface area contributed by atoms with E-state index in [9.17, 15) is 4.79 Å². The Morgan fingerprint density at radius 3 is 2.64 bits per heavy atom. The van der Waals surface area contributed by atoms with Crippen LogP contribution >= 0.6 is 0 Å². The van der Waals surface area contributed by atoms with E-state index in [1.807, 2.05) is 44.3 Å². The van der Waals surface area contributed by atoms with E-state index in [0.717, 1.165) is 65.0 Å². The Hall–Kier alpha value is -3.94. The number of benzene rings is 3. The molecule has 0 radical (unpaired) electrons. The summed E-state index contributed by atoms with van der Waals surface area (Å²) in [4.78, 5) is 19.3. The summed E-state index contributed by atoms with van der Waals surface area (Å²) >= 11 is 0. The maximum atomic E-state index is 12.3. The summed E-state index contributed by atoms with van der Waals surface area (Å²) in [7, 11) is 1.76. The Labute approximate surface area is 230 Å². The van der Waals surface area contributed by atoms with E-state index in [4.69, 9.17) is 16.3 Å². The standard InChI is InChI=1S/C32H37N5O2/c1-21-7-8-23(31(32(2,3)20-38)24-9-10-29(36(4)34)27(33)15-24)14-25(21)18-37-12-13-39-30-17-22-6-5-11-35-28(22)16-26(30)19-37/h5-11,14-17,20,31H,12-13,18-19,33-34H2,1-4H3. The second kappa shape index (κ2) is 10.7. The molecule has 4 aromatic rings. The molecule has 0 spiro atoms. The minimum atomic E-state index is -0.640. The van der Waals surface area contributed by atoms with Crippen LogP contribution in [0, 0.1) is 12.3 Å². The van der Waals surface area contributed by atoms with Crippen molar-refractivity contribution in [3.8, 4) is 5.75 Å². The molecular formula is C32H37N5O2. The molecule has 0 aliphatic carbocycles. The first-order valence-corrected chi connectivity index (χ1v) is 13.3. The van der Waals surface area contributed by atoms with Gasteiger partial charge in [-0.2, -0.15) is 0 Å². The highest BCUT2D eigenvalue weighted by Gasteiger charge is 2.33. The van der Waals surface area contributed by atoms with Crippen molar-refractivity contribution in [2.75, 3.05) is 30.9 Å². The third-order valence-electron chi connectivity index (χ3n) is 7.76. The SMILES string of the molecule is Cc1ccc(C(c2ccc(N(C)N)c(N)c2)C(C)(C)C=O)cc1CN1CCOc2cc3cccnc3cc2C1. The van der Waals surface area contributed by atoms with Crippen LogP contribution in [0.15, 0.2) is 66.9 Å². The van der Waals surface area contributed by atoms with Gasteiger partial charge in [0.1, 0.15) is 18.6 Å². The van der Waals surface area contributed by atoms with Gasteiger partial charge in [-0.05, 0) is 59.5 Å². The first-order chi connectivity index (χ1) is 18.7. The van der Waals surface area contributed by atoms with Crippen molar-refractivity contribution >= 4 is 28.6 Å². The van der Waals surface area contributed by atoms with E-state index in [2.05, 4.69) is 53.2 Å². The molecule has 0 fully saturated rings. The summed E-state index contributed by atoms with van der Waals surface area (Å²) < 4.78 is 6.14. The summed E-state index contributed by atoms with van der Waals surface area (Å²) in [5, 5.41) is 2.59. The van der Waals surface area contributed by atoms with Crippen molar-refractivity contribution in [3.05, 3.63) is 94.7 Å². The number of carbonyl (C=O) groups is 1. The third-order valence-corrected chi connectivity index (χ3v) is 7.76. The van der Waals surface area contributed by atoms with Crippen molar-refractivity contribution in [2.24, 2.45) is 11.3 Å². The van der Waals surface area contributed by atoms with Crippen LogP contribution in [-0.2, 0) is 17.9 Å². The fraction of sp³-hybridized carbons (Fsp3) is 0.312. The van der Waals surface area contributed by atoms with E-state index < -0.39 is 5.41 Å². The Kier molecular flexibility index (Phi) is 7.30. The zero-order chi connectivity index (χ0) is 27.7. The van der Waals surface area contributed by atoms with Gasteiger partial charge in [0.05, 0.1) is 16.9 Å². The minimum Gasteiger partial charge on any atom is -0.492 e. The number of ether oxygens (including phenoxy) is 1. The largest absolute Gasteiger partial charge is 0.492 e. The van der Waals surface area contributed by atoms with E-state index in [1.54, 1.807) is 7.05 Å². The average molecular weight is 524 g/mol. The van der Waals surface area contributed by atoms with Crippen LogP contribution in [0.4, 0.5) is 11.4 Å². The summed E-state index contributed by atoms with van der Waals surface area (Å²) in [6, 6.07) is 20.7. The van der Waals surface area contributed by atoms with Gasteiger partial charge in [-0.15, -0.1) is 0 Å². The number of carbonyl (C=O) groups excluding carboxylic acids is 1. The number of hydrazine groups is 1. The van der Waals surface area contributed by atoms with Crippen LogP contribution in [0.5, 0.6) is 5.75 Å². The molecule has 39 heavy (non-hydrogen) atoms. The number of hydrogen-bond acceptors (Lipinski definition) is 7. The molecular weight excluding hydrogens is 486 g/mol. The number of nitrogens with two attached hydrogens (primary N) is 2. The number of rotatable bonds is 7. The van der Waals surface area contributed by atoms with Crippen LogP contribution in [0.2, 0.25) is 0 Å². The molecule has 2 heterocycles. The van der Waals surface area contributed by atoms with E-state index >= 15 is 0 Å². The summed E-state index contributed by atoms with van der Waals surface area (Å²) in [6.07, 6.45) is 2.86. The van der Waals surface area contributed by atoms with Crippen LogP contribution in [0.3, 0.4) is 0 Å². The van der Waals surface area contributed by atoms with E-state index in [-0.39, 0.29) is 5.92 Å². The van der Waals surface area contributed by atoms with Gasteiger partial charge in [-0.25, -0.2) is 5.84 Å². The number of hydrogen-bond donors (Lipinski definition) is 2. The third kappa shape index (κ3) is 5.46. The number of aromatic nitrogens is 1. The van der Waals surface area contributed by atoms with Crippen LogP contribution in [0.1, 0.15) is 47.6 Å². The average Bonchev–Trinajstić information content (AvgIpc) is 3.10. The van der Waals surface area contributed by atoms with Crippen molar-refractivity contribution < 1.29 is 9.53 Å². The topological polar surface area (TPSA) is 97.7 Å². The van der Waals surface area contributed by atoms with Gasteiger partial charge in [-0.3, -0.25) is 9.88 Å². The number of nitrogens with zero attached hydrogens (tertiary/aromatic N) is 3. The maximum Gasteiger partial charge on any atom is 0.126 e. The number of fused-ring (bicyclic) bond motifs is 2. The summed E-state index contributed by atoms with van der Waals surface area (Å²) in [5.74, 6) is 6.70. The molecule has 7 nitrogen and oxygen atoms in total. The second-order valence-corrected chi connectivity index (χ2v) is 11.2. The van der Waals surface area contributed by atoms with Gasteiger partial charge < -0.3 is 20.3 Å². The van der Waals surface area contributed by atoms with E-state index in [0.29, 0.717) is 12.3 Å². The number of pyridine rings is 1. The monoisotopic (exact) mass is 523 g/mol. The predicted octanol–water partition coefficient (Wildman–Crippen LogP) is 5.19. The summed E-state index contributed by atoms with van der Waals surface area (Å²) in [6.45, 7) is 9.09. The zero-order valence-corrected chi connectivity index (χ0v) is 23.1. The maximum absolute atomic E-state index is 12.3. The van der Waals surface area contributed by atoms with Gasteiger partial charge in [0.25, 0.3) is 0 Å². The van der Waals surface area contributed by atoms with Crippen molar-refractivity contribution in [2.45, 2.75) is 39.8 Å². The number of aryl methyl sites for hydroxylation is 1. The lowest BCUT2D eigenvalue weighted by Gasteiger charge is -2.32. The highest BCUT2D eigenvalue weighted by Crippen LogP contribution is 2.42. The number of anilines is 2. The fourth-order valence-corrected chi connectivity index (χ4v) is 5.62. The number of aldehydes is 1. The second-order valence-electron chi connectivity index (χ2n) is 11.2. The molecule has 3 aromatic carbocycles. The molecule has 1 atom stereocenters. The molecule has 1 aliphatic rings. The van der Waals surface area contributed by atoms with Crippen LogP contribution < -0.4 is 21.3 Å². The Morgan fingerprint density at radius 1 is 1.13 bits per heavy atom. The first kappa shape index (κ1) is 26.7. The first-order valence-electron chi connectivity index (χ1n) is 13.3. The molecule has 1 aromatic heterocycles. The van der Waals surface area contributed by atoms with Gasteiger partial charge in [-0.1, -0.05) is 44.2 Å². The van der Waals surface area contributed by atoms with Crippen molar-refractivity contribution in [1.29, 1.82) is 0 Å². The van der Waals surface area contributed by atoms with E-state index in [1.165, 1.54) is 16.1 Å². The van der Waals surface area contributed by atoms with Crippen LogP contribution in [0.25, 0.3) is 10.9 Å². The summed E-state index contributed by atoms with van der Waals surface area (Å²) in [5.41, 5.74) is 13.7. The van der Waals surface area contributed by atoms with Gasteiger partial charge in [0.15, 0.2) is 0 Å². The van der Waals surface area contributed by atoms with Crippen molar-refractivity contribution in [3.63, 3.8) is 0 Å². The molecule has 202 valence electrons. The Morgan fingerprint density at radius 2 is 1.90 bits per heavy atom. The molecule has 0 bridgehead atoms. The molecule has 4 N–H and O–H groups in total. The predicted molar refractivity (Wildman–Crippen MR) is 158 cm³/mol. The minimum absolute atomic E-state index is 0.167. The van der Waals surface area contributed by atoms with Gasteiger partial charge in [0, 0.05) is 55.2 Å². The molecule has 7 heteroatoms. The lowest BCUT2D eigenvalue weighted by atomic mass is 9.71.